The summed E-state index contributed by atoms with van der Waals surface area (Å²) in [5.74, 6) is -3.16. The second-order valence-corrected chi connectivity index (χ2v) is 7.17. The molecule has 0 saturated carbocycles. The molecule has 0 heterocycles. The molecule has 11 nitrogen and oxygen atoms in total. The number of hydrogen-bond acceptors (Lipinski definition) is 7. The molecule has 0 rings (SSSR count). The summed E-state index contributed by atoms with van der Waals surface area (Å²) in [6.07, 6.45) is 1.21. The molecule has 0 aliphatic rings. The maximum absolute atomic E-state index is 12.4. The summed E-state index contributed by atoms with van der Waals surface area (Å²) < 4.78 is 0. The number of carboxylic acid groups (broad SMARTS) is 1. The highest BCUT2D eigenvalue weighted by Gasteiger charge is 2.29. The number of hydrogen-bond donors (Lipinski definition) is 7. The lowest BCUT2D eigenvalue weighted by molar-refractivity contribution is -0.142. The van der Waals surface area contributed by atoms with Crippen LogP contribution in [0.1, 0.15) is 46.5 Å². The number of carbonyl (C=O) groups excluding carboxylic acids is 3. The molecule has 3 amide bonds. The lowest BCUT2D eigenvalue weighted by Crippen LogP contribution is -2.58. The fourth-order valence-corrected chi connectivity index (χ4v) is 2.17. The Balaban J connectivity index is 4.93. The van der Waals surface area contributed by atoms with Crippen molar-refractivity contribution in [3.05, 3.63) is 0 Å². The van der Waals surface area contributed by atoms with E-state index in [0.29, 0.717) is 19.4 Å². The van der Waals surface area contributed by atoms with Crippen LogP contribution < -0.4 is 27.4 Å². The highest BCUT2D eigenvalue weighted by atomic mass is 16.4. The molecule has 0 aromatic heterocycles. The normalized spacial score (nSPS) is 14.5. The molecule has 0 aliphatic heterocycles. The Morgan fingerprint density at radius 3 is 2.00 bits per heavy atom. The first-order valence-corrected chi connectivity index (χ1v) is 9.18. The van der Waals surface area contributed by atoms with Crippen molar-refractivity contribution in [1.29, 1.82) is 0 Å². The van der Waals surface area contributed by atoms with Crippen molar-refractivity contribution in [3.8, 4) is 0 Å². The minimum atomic E-state index is -1.20. The number of aliphatic hydroxyl groups excluding tert-OH is 1. The van der Waals surface area contributed by atoms with Crippen molar-refractivity contribution in [2.24, 2.45) is 11.5 Å². The average Bonchev–Trinajstić information content (AvgIpc) is 2.59. The molecule has 0 bridgehead atoms. The number of aliphatic carboxylic acids is 1. The van der Waals surface area contributed by atoms with Gasteiger partial charge in [0.15, 0.2) is 0 Å². The predicted molar refractivity (Wildman–Crippen MR) is 102 cm³/mol. The minimum Gasteiger partial charge on any atom is -0.480 e. The quantitative estimate of drug-likeness (QED) is 0.168. The van der Waals surface area contributed by atoms with Gasteiger partial charge in [-0.1, -0.05) is 0 Å². The number of aliphatic hydroxyl groups is 1. The zero-order valence-electron chi connectivity index (χ0n) is 16.7. The third-order valence-electron chi connectivity index (χ3n) is 3.94. The van der Waals surface area contributed by atoms with Gasteiger partial charge in [0.1, 0.15) is 18.1 Å². The lowest BCUT2D eigenvalue weighted by atomic mass is 10.1. The van der Waals surface area contributed by atoms with E-state index in [2.05, 4.69) is 16.0 Å². The summed E-state index contributed by atoms with van der Waals surface area (Å²) in [7, 11) is 0. The Bertz CT molecular complexity index is 549. The third kappa shape index (κ3) is 9.62. The first-order valence-electron chi connectivity index (χ1n) is 9.18. The SMILES string of the molecule is C[C@H](NC(=O)C(C)(C)N)C(=O)N[C@@H](CCO)C(=O)N[C@@H](CCCCN)C(=O)O. The molecule has 0 spiro atoms. The van der Waals surface area contributed by atoms with E-state index in [1.807, 2.05) is 0 Å². The van der Waals surface area contributed by atoms with E-state index in [4.69, 9.17) is 16.6 Å². The van der Waals surface area contributed by atoms with Gasteiger partial charge in [-0.25, -0.2) is 4.79 Å². The molecular weight excluding hydrogens is 370 g/mol. The summed E-state index contributed by atoms with van der Waals surface area (Å²) in [5.41, 5.74) is 9.84. The van der Waals surface area contributed by atoms with E-state index < -0.39 is 54.0 Å². The van der Waals surface area contributed by atoms with Crippen molar-refractivity contribution < 1.29 is 29.4 Å². The van der Waals surface area contributed by atoms with Crippen molar-refractivity contribution >= 4 is 23.7 Å². The predicted octanol–water partition coefficient (Wildman–Crippen LogP) is -2.21. The largest absolute Gasteiger partial charge is 0.480 e. The van der Waals surface area contributed by atoms with Gasteiger partial charge >= 0.3 is 5.97 Å². The first kappa shape index (κ1) is 25.8. The van der Waals surface area contributed by atoms with E-state index in [1.165, 1.54) is 20.8 Å². The fourth-order valence-electron chi connectivity index (χ4n) is 2.17. The van der Waals surface area contributed by atoms with Gasteiger partial charge in [0.05, 0.1) is 5.54 Å². The van der Waals surface area contributed by atoms with Crippen LogP contribution >= 0.6 is 0 Å². The van der Waals surface area contributed by atoms with E-state index in [9.17, 15) is 24.3 Å². The first-order chi connectivity index (χ1) is 12.9. The van der Waals surface area contributed by atoms with Crippen LogP contribution in [0.3, 0.4) is 0 Å². The second kappa shape index (κ2) is 12.3. The molecule has 11 heteroatoms. The second-order valence-electron chi connectivity index (χ2n) is 7.17. The molecule has 0 aromatic rings. The number of amides is 3. The number of carbonyl (C=O) groups is 4. The Labute approximate surface area is 164 Å². The Morgan fingerprint density at radius 1 is 0.964 bits per heavy atom. The molecule has 0 fully saturated rings. The Kier molecular flexibility index (Phi) is 11.3. The summed E-state index contributed by atoms with van der Waals surface area (Å²) in [6, 6.07) is -3.27. The van der Waals surface area contributed by atoms with Gasteiger partial charge in [0, 0.05) is 6.61 Å². The summed E-state index contributed by atoms with van der Waals surface area (Å²) in [4.78, 5) is 47.8. The van der Waals surface area contributed by atoms with E-state index in [1.54, 1.807) is 0 Å². The lowest BCUT2D eigenvalue weighted by Gasteiger charge is -2.24. The maximum atomic E-state index is 12.4. The van der Waals surface area contributed by atoms with Crippen LogP contribution in [0.4, 0.5) is 0 Å². The zero-order chi connectivity index (χ0) is 21.9. The number of nitrogens with one attached hydrogen (secondary N) is 3. The highest BCUT2D eigenvalue weighted by molar-refractivity contribution is 5.94. The molecule has 28 heavy (non-hydrogen) atoms. The number of rotatable bonds is 13. The van der Waals surface area contributed by atoms with Gasteiger partial charge in [-0.3, -0.25) is 14.4 Å². The van der Waals surface area contributed by atoms with Crippen molar-refractivity contribution in [1.82, 2.24) is 16.0 Å². The van der Waals surface area contributed by atoms with Crippen LogP contribution in [0.15, 0.2) is 0 Å². The van der Waals surface area contributed by atoms with Gasteiger partial charge in [-0.15, -0.1) is 0 Å². The van der Waals surface area contributed by atoms with Crippen LogP contribution in [-0.4, -0.2) is 70.7 Å². The molecule has 162 valence electrons. The van der Waals surface area contributed by atoms with Gasteiger partial charge in [-0.2, -0.15) is 0 Å². The molecule has 0 saturated heterocycles. The molecule has 9 N–H and O–H groups in total. The van der Waals surface area contributed by atoms with Crippen molar-refractivity contribution in [2.45, 2.75) is 70.1 Å². The molecular formula is C17H33N5O6. The van der Waals surface area contributed by atoms with Crippen molar-refractivity contribution in [3.63, 3.8) is 0 Å². The maximum Gasteiger partial charge on any atom is 0.326 e. The Morgan fingerprint density at radius 2 is 1.54 bits per heavy atom. The third-order valence-corrected chi connectivity index (χ3v) is 3.94. The van der Waals surface area contributed by atoms with Crippen LogP contribution in [0.2, 0.25) is 0 Å². The van der Waals surface area contributed by atoms with E-state index >= 15 is 0 Å². The molecule has 3 atom stereocenters. The topological polar surface area (TPSA) is 197 Å². The van der Waals surface area contributed by atoms with Crippen LogP contribution in [0, 0.1) is 0 Å². The van der Waals surface area contributed by atoms with Crippen molar-refractivity contribution in [2.75, 3.05) is 13.2 Å². The summed E-state index contributed by atoms with van der Waals surface area (Å²) in [6.45, 7) is 4.38. The fraction of sp³-hybridized carbons (Fsp3) is 0.765. The molecule has 0 aromatic carbocycles. The van der Waals surface area contributed by atoms with Gasteiger partial charge in [0.25, 0.3) is 0 Å². The van der Waals surface area contributed by atoms with Gasteiger partial charge < -0.3 is 37.6 Å². The van der Waals surface area contributed by atoms with Gasteiger partial charge in [0.2, 0.25) is 17.7 Å². The standard InChI is InChI=1S/C17H33N5O6/c1-10(20-16(28)17(2,3)19)13(24)21-11(7-9-23)14(25)22-12(15(26)27)6-4-5-8-18/h10-12,23H,4-9,18-19H2,1-3H3,(H,20,28)(H,21,24)(H,22,25)(H,26,27)/t10-,11-,12-/m0/s1. The summed E-state index contributed by atoms with van der Waals surface area (Å²) >= 11 is 0. The number of unbranched alkanes of at least 4 members (excludes halogenated alkanes) is 1. The monoisotopic (exact) mass is 403 g/mol. The van der Waals surface area contributed by atoms with Crippen LogP contribution in [0.25, 0.3) is 0 Å². The highest BCUT2D eigenvalue weighted by Crippen LogP contribution is 2.03. The van der Waals surface area contributed by atoms with E-state index in [-0.39, 0.29) is 12.8 Å². The van der Waals surface area contributed by atoms with E-state index in [0.717, 1.165) is 0 Å². The van der Waals surface area contributed by atoms with Gasteiger partial charge in [-0.05, 0) is 53.0 Å². The van der Waals surface area contributed by atoms with Crippen LogP contribution in [-0.2, 0) is 19.2 Å². The molecule has 0 radical (unpaired) electrons. The molecule has 0 unspecified atom stereocenters. The smallest absolute Gasteiger partial charge is 0.326 e. The number of nitrogens with two attached hydrogens (primary N) is 2. The summed E-state index contributed by atoms with van der Waals surface area (Å²) in [5, 5.41) is 25.6. The zero-order valence-corrected chi connectivity index (χ0v) is 16.7. The number of carboxylic acids is 1. The Hall–Kier alpha value is -2.24. The van der Waals surface area contributed by atoms with Crippen LogP contribution in [0.5, 0.6) is 0 Å². The average molecular weight is 403 g/mol. The molecule has 0 aliphatic carbocycles. The minimum absolute atomic E-state index is 0.115.